The van der Waals surface area contributed by atoms with Gasteiger partial charge in [-0.05, 0) is 24.6 Å². The first-order valence-electron chi connectivity index (χ1n) is 6.21. The zero-order chi connectivity index (χ0) is 14.7. The first kappa shape index (κ1) is 14.5. The molecular weight excluding hydrogens is 320 g/mol. The predicted molar refractivity (Wildman–Crippen MR) is 81.7 cm³/mol. The van der Waals surface area contributed by atoms with Crippen molar-refractivity contribution in [1.82, 2.24) is 9.88 Å². The highest BCUT2D eigenvalue weighted by atomic mass is 79.9. The van der Waals surface area contributed by atoms with Crippen LogP contribution >= 0.6 is 15.9 Å². The number of rotatable bonds is 3. The molecule has 0 fully saturated rings. The van der Waals surface area contributed by atoms with Crippen LogP contribution in [0, 0.1) is 0 Å². The minimum absolute atomic E-state index is 0.0997. The van der Waals surface area contributed by atoms with E-state index in [0.717, 1.165) is 10.0 Å². The molecule has 0 saturated heterocycles. The van der Waals surface area contributed by atoms with Crippen LogP contribution < -0.4 is 5.56 Å². The Balaban J connectivity index is 2.27. The third-order valence-electron chi connectivity index (χ3n) is 3.28. The molecule has 1 heterocycles. The van der Waals surface area contributed by atoms with Gasteiger partial charge in [-0.25, -0.2) is 0 Å². The van der Waals surface area contributed by atoms with Crippen LogP contribution in [0.1, 0.15) is 28.9 Å². The molecule has 0 aliphatic heterocycles. The maximum absolute atomic E-state index is 12.4. The van der Waals surface area contributed by atoms with E-state index in [-0.39, 0.29) is 17.5 Å². The molecule has 1 aromatic carbocycles. The van der Waals surface area contributed by atoms with Gasteiger partial charge in [-0.3, -0.25) is 9.59 Å². The molecule has 2 aromatic rings. The Hall–Kier alpha value is -1.88. The third-order valence-corrected chi connectivity index (χ3v) is 4.00. The van der Waals surface area contributed by atoms with E-state index in [0.29, 0.717) is 5.56 Å². The number of carbonyl (C=O) groups is 1. The summed E-state index contributed by atoms with van der Waals surface area (Å²) in [4.78, 5) is 27.8. The highest BCUT2D eigenvalue weighted by Gasteiger charge is 2.20. The second kappa shape index (κ2) is 6.05. The minimum Gasteiger partial charge on any atom is -0.335 e. The molecule has 2 rings (SSSR count). The molecule has 0 aliphatic carbocycles. The Morgan fingerprint density at radius 1 is 1.30 bits per heavy atom. The van der Waals surface area contributed by atoms with E-state index in [1.54, 1.807) is 18.0 Å². The van der Waals surface area contributed by atoms with Crippen LogP contribution in [0.15, 0.2) is 51.9 Å². The fourth-order valence-electron chi connectivity index (χ4n) is 1.98. The third kappa shape index (κ3) is 2.99. The zero-order valence-electron chi connectivity index (χ0n) is 11.3. The number of benzene rings is 1. The van der Waals surface area contributed by atoms with Crippen molar-refractivity contribution in [1.29, 1.82) is 0 Å². The van der Waals surface area contributed by atoms with Crippen LogP contribution in [0.4, 0.5) is 0 Å². The monoisotopic (exact) mass is 334 g/mol. The lowest BCUT2D eigenvalue weighted by Gasteiger charge is -2.26. The van der Waals surface area contributed by atoms with Gasteiger partial charge in [0.15, 0.2) is 0 Å². The van der Waals surface area contributed by atoms with Gasteiger partial charge in [0.1, 0.15) is 0 Å². The SMILES string of the molecule is C[C@H](c1ccccc1Br)N(C)C(=O)c1cc[nH]c(=O)c1. The largest absolute Gasteiger partial charge is 0.335 e. The van der Waals surface area contributed by atoms with Gasteiger partial charge in [-0.2, -0.15) is 0 Å². The quantitative estimate of drug-likeness (QED) is 0.938. The van der Waals surface area contributed by atoms with E-state index in [1.165, 1.54) is 12.3 Å². The molecule has 1 amide bonds. The van der Waals surface area contributed by atoms with Crippen LogP contribution in [0.25, 0.3) is 0 Å². The van der Waals surface area contributed by atoms with Gasteiger partial charge in [-0.15, -0.1) is 0 Å². The van der Waals surface area contributed by atoms with E-state index in [9.17, 15) is 9.59 Å². The van der Waals surface area contributed by atoms with Crippen molar-refractivity contribution in [3.63, 3.8) is 0 Å². The van der Waals surface area contributed by atoms with E-state index < -0.39 is 0 Å². The standard InChI is InChI=1S/C15H15BrN2O2/c1-10(12-5-3-4-6-13(12)16)18(2)15(20)11-7-8-17-14(19)9-11/h3-10H,1-2H3,(H,17,19)/t10-/m1/s1. The molecule has 0 bridgehead atoms. The molecule has 0 unspecified atom stereocenters. The van der Waals surface area contributed by atoms with Crippen molar-refractivity contribution in [2.24, 2.45) is 0 Å². The fourth-order valence-corrected chi connectivity index (χ4v) is 2.60. The average molecular weight is 335 g/mol. The summed E-state index contributed by atoms with van der Waals surface area (Å²) in [5, 5.41) is 0. The maximum Gasteiger partial charge on any atom is 0.254 e. The van der Waals surface area contributed by atoms with Gasteiger partial charge in [0.2, 0.25) is 5.56 Å². The molecule has 0 spiro atoms. The van der Waals surface area contributed by atoms with Crippen LogP contribution in [-0.4, -0.2) is 22.8 Å². The number of aromatic nitrogens is 1. The van der Waals surface area contributed by atoms with E-state index >= 15 is 0 Å². The van der Waals surface area contributed by atoms with E-state index in [1.807, 2.05) is 31.2 Å². The highest BCUT2D eigenvalue weighted by Crippen LogP contribution is 2.27. The number of nitrogens with one attached hydrogen (secondary N) is 1. The predicted octanol–water partition coefficient (Wildman–Crippen LogP) is 2.97. The van der Waals surface area contributed by atoms with E-state index in [4.69, 9.17) is 0 Å². The van der Waals surface area contributed by atoms with Crippen LogP contribution in [0.2, 0.25) is 0 Å². The summed E-state index contributed by atoms with van der Waals surface area (Å²) < 4.78 is 0.957. The van der Waals surface area contributed by atoms with Crippen molar-refractivity contribution < 1.29 is 4.79 Å². The number of hydrogen-bond acceptors (Lipinski definition) is 2. The number of nitrogens with zero attached hydrogens (tertiary/aromatic N) is 1. The highest BCUT2D eigenvalue weighted by molar-refractivity contribution is 9.10. The number of H-pyrrole nitrogens is 1. The second-order valence-corrected chi connectivity index (χ2v) is 5.41. The number of hydrogen-bond donors (Lipinski definition) is 1. The first-order valence-corrected chi connectivity index (χ1v) is 7.00. The summed E-state index contributed by atoms with van der Waals surface area (Å²) in [6.45, 7) is 1.95. The number of aromatic amines is 1. The molecule has 1 aromatic heterocycles. The van der Waals surface area contributed by atoms with Gasteiger partial charge in [0.05, 0.1) is 6.04 Å². The van der Waals surface area contributed by atoms with Gasteiger partial charge in [0, 0.05) is 29.3 Å². The lowest BCUT2D eigenvalue weighted by molar-refractivity contribution is 0.0742. The van der Waals surface area contributed by atoms with Crippen molar-refractivity contribution >= 4 is 21.8 Å². The fraction of sp³-hybridized carbons (Fsp3) is 0.200. The topological polar surface area (TPSA) is 53.2 Å². The molecule has 4 nitrogen and oxygen atoms in total. The zero-order valence-corrected chi connectivity index (χ0v) is 12.8. The van der Waals surface area contributed by atoms with Gasteiger partial charge < -0.3 is 9.88 Å². The summed E-state index contributed by atoms with van der Waals surface area (Å²) in [6.07, 6.45) is 1.48. The molecule has 0 radical (unpaired) electrons. The number of amides is 1. The molecule has 0 aliphatic rings. The van der Waals surface area contributed by atoms with Gasteiger partial charge in [0.25, 0.3) is 5.91 Å². The number of pyridine rings is 1. The second-order valence-electron chi connectivity index (χ2n) is 4.56. The van der Waals surface area contributed by atoms with Gasteiger partial charge >= 0.3 is 0 Å². The smallest absolute Gasteiger partial charge is 0.254 e. The Bertz CT molecular complexity index is 681. The Kier molecular flexibility index (Phi) is 4.39. The lowest BCUT2D eigenvalue weighted by atomic mass is 10.1. The van der Waals surface area contributed by atoms with Crippen LogP contribution in [0.5, 0.6) is 0 Å². The lowest BCUT2D eigenvalue weighted by Crippen LogP contribution is -2.30. The normalized spacial score (nSPS) is 11.9. The molecule has 5 heteroatoms. The van der Waals surface area contributed by atoms with Crippen molar-refractivity contribution in [2.75, 3.05) is 7.05 Å². The van der Waals surface area contributed by atoms with Crippen LogP contribution in [0.3, 0.4) is 0 Å². The summed E-state index contributed by atoms with van der Waals surface area (Å²) in [7, 11) is 1.73. The molecule has 1 N–H and O–H groups in total. The van der Waals surface area contributed by atoms with Crippen molar-refractivity contribution in [3.8, 4) is 0 Å². The average Bonchev–Trinajstić information content (AvgIpc) is 2.45. The summed E-state index contributed by atoms with van der Waals surface area (Å²) in [6, 6.07) is 10.6. The maximum atomic E-state index is 12.4. The van der Waals surface area contributed by atoms with Gasteiger partial charge in [-0.1, -0.05) is 34.1 Å². The number of carbonyl (C=O) groups excluding carboxylic acids is 1. The molecular formula is C15H15BrN2O2. The van der Waals surface area contributed by atoms with Crippen molar-refractivity contribution in [2.45, 2.75) is 13.0 Å². The van der Waals surface area contributed by atoms with Crippen molar-refractivity contribution in [3.05, 3.63) is 68.5 Å². The first-order chi connectivity index (χ1) is 9.50. The summed E-state index contributed by atoms with van der Waals surface area (Å²) in [5.74, 6) is -0.181. The molecule has 104 valence electrons. The Morgan fingerprint density at radius 2 is 2.00 bits per heavy atom. The Labute approximate surface area is 125 Å². The van der Waals surface area contributed by atoms with Crippen LogP contribution in [-0.2, 0) is 0 Å². The minimum atomic E-state index is -0.280. The molecule has 1 atom stereocenters. The Morgan fingerprint density at radius 3 is 2.65 bits per heavy atom. The molecule has 0 saturated carbocycles. The summed E-state index contributed by atoms with van der Waals surface area (Å²) in [5.41, 5.74) is 1.13. The molecule has 20 heavy (non-hydrogen) atoms. The van der Waals surface area contributed by atoms with E-state index in [2.05, 4.69) is 20.9 Å². The summed E-state index contributed by atoms with van der Waals surface area (Å²) >= 11 is 3.49. The number of halogens is 1.